The van der Waals surface area contributed by atoms with Gasteiger partial charge in [-0.3, -0.25) is 0 Å². The molecule has 80 valence electrons. The Balaban J connectivity index is 2.21. The minimum Gasteiger partial charge on any atom is -0.506 e. The van der Waals surface area contributed by atoms with Crippen molar-refractivity contribution in [3.63, 3.8) is 0 Å². The van der Waals surface area contributed by atoms with Crippen LogP contribution in [0.15, 0.2) is 48.5 Å². The van der Waals surface area contributed by atoms with Gasteiger partial charge in [-0.25, -0.2) is 0 Å². The first-order valence-corrected chi connectivity index (χ1v) is 5.35. The second kappa shape index (κ2) is 4.86. The van der Waals surface area contributed by atoms with E-state index in [0.29, 0.717) is 5.02 Å². The summed E-state index contributed by atoms with van der Waals surface area (Å²) in [5.41, 5.74) is 2.10. The number of phenols is 1. The lowest BCUT2D eigenvalue weighted by Crippen LogP contribution is -1.74. The van der Waals surface area contributed by atoms with Gasteiger partial charge in [-0.15, -0.1) is 0 Å². The van der Waals surface area contributed by atoms with Crippen molar-refractivity contribution in [2.75, 3.05) is 0 Å². The first-order chi connectivity index (χ1) is 7.75. The van der Waals surface area contributed by atoms with Crippen LogP contribution in [0.25, 0.3) is 12.2 Å². The second-order valence-corrected chi connectivity index (χ2v) is 3.86. The molecule has 0 aliphatic carbocycles. The fourth-order valence-corrected chi connectivity index (χ4v) is 1.57. The second-order valence-electron chi connectivity index (χ2n) is 3.45. The highest BCUT2D eigenvalue weighted by Gasteiger charge is 1.96. The molecule has 2 aromatic carbocycles. The number of phenolic OH excluding ortho intramolecular Hbond substituents is 1. The number of benzene rings is 2. The van der Waals surface area contributed by atoms with Gasteiger partial charge >= 0.3 is 0 Å². The molecule has 2 heteroatoms. The Morgan fingerprint density at radius 1 is 0.875 bits per heavy atom. The number of aromatic hydroxyl groups is 1. The van der Waals surface area contributed by atoms with Crippen LogP contribution in [0.5, 0.6) is 5.75 Å². The van der Waals surface area contributed by atoms with E-state index in [0.717, 1.165) is 11.1 Å². The van der Waals surface area contributed by atoms with E-state index in [-0.39, 0.29) is 5.75 Å². The van der Waals surface area contributed by atoms with Gasteiger partial charge < -0.3 is 5.11 Å². The fraction of sp³-hybridized carbons (Fsp3) is 0. The maximum absolute atomic E-state index is 9.27. The Labute approximate surface area is 99.6 Å². The molecule has 0 bridgehead atoms. The monoisotopic (exact) mass is 230 g/mol. The molecule has 0 saturated carbocycles. The lowest BCUT2D eigenvalue weighted by atomic mass is 10.1. The largest absolute Gasteiger partial charge is 0.506 e. The predicted molar refractivity (Wildman–Crippen MR) is 68.5 cm³/mol. The van der Waals surface area contributed by atoms with Crippen molar-refractivity contribution >= 4 is 23.8 Å². The molecule has 1 N–H and O–H groups in total. The van der Waals surface area contributed by atoms with Crippen LogP contribution in [0.4, 0.5) is 0 Å². The lowest BCUT2D eigenvalue weighted by molar-refractivity contribution is 0.475. The van der Waals surface area contributed by atoms with E-state index in [9.17, 15) is 5.11 Å². The third kappa shape index (κ3) is 2.65. The van der Waals surface area contributed by atoms with Gasteiger partial charge in [0.1, 0.15) is 5.75 Å². The molecule has 2 rings (SSSR count). The van der Waals surface area contributed by atoms with Gasteiger partial charge in [-0.1, -0.05) is 60.2 Å². The van der Waals surface area contributed by atoms with Crippen LogP contribution in [0.3, 0.4) is 0 Å². The summed E-state index contributed by atoms with van der Waals surface area (Å²) in [5.74, 6) is 0.110. The van der Waals surface area contributed by atoms with Crippen molar-refractivity contribution in [2.45, 2.75) is 0 Å². The van der Waals surface area contributed by atoms with E-state index in [1.165, 1.54) is 0 Å². The number of hydrogen-bond acceptors (Lipinski definition) is 1. The molecule has 0 radical (unpaired) electrons. The average molecular weight is 231 g/mol. The standard InChI is InChI=1S/C14H11ClO/c15-13-10-12(8-9-14(13)16)7-6-11-4-2-1-3-5-11/h1-10,16H. The van der Waals surface area contributed by atoms with Crippen molar-refractivity contribution in [3.8, 4) is 5.75 Å². The van der Waals surface area contributed by atoms with E-state index in [1.54, 1.807) is 12.1 Å². The third-order valence-corrected chi connectivity index (χ3v) is 2.54. The summed E-state index contributed by atoms with van der Waals surface area (Å²) in [6.07, 6.45) is 3.96. The summed E-state index contributed by atoms with van der Waals surface area (Å²) in [6, 6.07) is 15.2. The summed E-state index contributed by atoms with van der Waals surface area (Å²) in [5, 5.41) is 9.64. The summed E-state index contributed by atoms with van der Waals surface area (Å²) >= 11 is 5.81. The van der Waals surface area contributed by atoms with Crippen LogP contribution in [0.1, 0.15) is 11.1 Å². The van der Waals surface area contributed by atoms with Crippen molar-refractivity contribution in [1.29, 1.82) is 0 Å². The minimum absolute atomic E-state index is 0.110. The van der Waals surface area contributed by atoms with Crippen LogP contribution >= 0.6 is 11.6 Å². The van der Waals surface area contributed by atoms with Gasteiger partial charge in [-0.05, 0) is 23.3 Å². The normalized spacial score (nSPS) is 10.8. The molecule has 0 aliphatic heterocycles. The molecular weight excluding hydrogens is 220 g/mol. The van der Waals surface area contributed by atoms with Crippen molar-refractivity contribution in [1.82, 2.24) is 0 Å². The zero-order valence-corrected chi connectivity index (χ0v) is 9.35. The van der Waals surface area contributed by atoms with Crippen LogP contribution in [0, 0.1) is 0 Å². The Morgan fingerprint density at radius 3 is 2.25 bits per heavy atom. The van der Waals surface area contributed by atoms with Crippen LogP contribution in [0.2, 0.25) is 5.02 Å². The molecule has 0 atom stereocenters. The summed E-state index contributed by atoms with van der Waals surface area (Å²) in [7, 11) is 0. The van der Waals surface area contributed by atoms with Crippen LogP contribution < -0.4 is 0 Å². The van der Waals surface area contributed by atoms with E-state index in [1.807, 2.05) is 48.6 Å². The summed E-state index contributed by atoms with van der Waals surface area (Å²) in [4.78, 5) is 0. The lowest BCUT2D eigenvalue weighted by Gasteiger charge is -1.98. The van der Waals surface area contributed by atoms with Crippen molar-refractivity contribution in [3.05, 3.63) is 64.7 Å². The zero-order chi connectivity index (χ0) is 11.4. The molecule has 16 heavy (non-hydrogen) atoms. The smallest absolute Gasteiger partial charge is 0.134 e. The first-order valence-electron chi connectivity index (χ1n) is 4.97. The van der Waals surface area contributed by atoms with E-state index in [2.05, 4.69) is 0 Å². The van der Waals surface area contributed by atoms with Gasteiger partial charge in [0.25, 0.3) is 0 Å². The maximum atomic E-state index is 9.27. The molecule has 1 nitrogen and oxygen atoms in total. The molecule has 0 aromatic heterocycles. The molecule has 0 aliphatic rings. The van der Waals surface area contributed by atoms with E-state index >= 15 is 0 Å². The topological polar surface area (TPSA) is 20.2 Å². The summed E-state index contributed by atoms with van der Waals surface area (Å²) in [6.45, 7) is 0. The van der Waals surface area contributed by atoms with Crippen molar-refractivity contribution in [2.24, 2.45) is 0 Å². The molecule has 0 amide bonds. The van der Waals surface area contributed by atoms with Gasteiger partial charge in [0.15, 0.2) is 0 Å². The van der Waals surface area contributed by atoms with E-state index < -0.39 is 0 Å². The minimum atomic E-state index is 0.110. The molecule has 2 aromatic rings. The molecule has 0 fully saturated rings. The number of halogens is 1. The highest BCUT2D eigenvalue weighted by atomic mass is 35.5. The highest BCUT2D eigenvalue weighted by Crippen LogP contribution is 2.24. The number of rotatable bonds is 2. The van der Waals surface area contributed by atoms with Gasteiger partial charge in [0.05, 0.1) is 5.02 Å². The highest BCUT2D eigenvalue weighted by molar-refractivity contribution is 6.32. The third-order valence-electron chi connectivity index (χ3n) is 2.24. The zero-order valence-electron chi connectivity index (χ0n) is 8.60. The molecular formula is C14H11ClO. The van der Waals surface area contributed by atoms with E-state index in [4.69, 9.17) is 11.6 Å². The fourth-order valence-electron chi connectivity index (χ4n) is 1.38. The predicted octanol–water partition coefficient (Wildman–Crippen LogP) is 4.22. The van der Waals surface area contributed by atoms with Crippen LogP contribution in [-0.2, 0) is 0 Å². The Bertz CT molecular complexity index is 503. The quantitative estimate of drug-likeness (QED) is 0.766. The molecule has 0 unspecified atom stereocenters. The Morgan fingerprint density at radius 2 is 1.56 bits per heavy atom. The maximum Gasteiger partial charge on any atom is 0.134 e. The Kier molecular flexibility index (Phi) is 3.28. The van der Waals surface area contributed by atoms with Gasteiger partial charge in [-0.2, -0.15) is 0 Å². The molecule has 0 spiro atoms. The average Bonchev–Trinajstić information content (AvgIpc) is 2.32. The SMILES string of the molecule is Oc1ccc(C=Cc2ccccc2)cc1Cl. The van der Waals surface area contributed by atoms with Crippen LogP contribution in [-0.4, -0.2) is 5.11 Å². The first kappa shape index (κ1) is 10.8. The number of hydrogen-bond donors (Lipinski definition) is 1. The van der Waals surface area contributed by atoms with Crippen molar-refractivity contribution < 1.29 is 5.11 Å². The van der Waals surface area contributed by atoms with Gasteiger partial charge in [0.2, 0.25) is 0 Å². The molecule has 0 heterocycles. The summed E-state index contributed by atoms with van der Waals surface area (Å²) < 4.78 is 0. The van der Waals surface area contributed by atoms with Gasteiger partial charge in [0, 0.05) is 0 Å². The Hall–Kier alpha value is -1.73. The molecule has 0 saturated heterocycles.